The van der Waals surface area contributed by atoms with Crippen molar-refractivity contribution >= 4 is 36.5 Å². The number of hydrogen-bond donors (Lipinski definition) is 1. The van der Waals surface area contributed by atoms with Crippen LogP contribution in [0.25, 0.3) is 0 Å². The molecule has 2 N–H and O–H groups in total. The van der Waals surface area contributed by atoms with E-state index in [0.29, 0.717) is 52.2 Å². The Bertz CT molecular complexity index is 703. The molecule has 1 aromatic rings. The van der Waals surface area contributed by atoms with Crippen molar-refractivity contribution < 1.29 is 22.7 Å². The van der Waals surface area contributed by atoms with Gasteiger partial charge < -0.3 is 20.3 Å². The highest BCUT2D eigenvalue weighted by atomic mass is 35.5. The minimum Gasteiger partial charge on any atom is -0.381 e. The van der Waals surface area contributed by atoms with Crippen LogP contribution in [0.2, 0.25) is 0 Å². The number of rotatable bonds is 5. The van der Waals surface area contributed by atoms with Crippen LogP contribution in [-0.4, -0.2) is 61.2 Å². The minimum atomic E-state index is -4.40. The Kier molecular flexibility index (Phi) is 9.66. The molecule has 3 rings (SSSR count). The molecule has 1 saturated heterocycles. The Morgan fingerprint density at radius 3 is 2.50 bits per heavy atom. The van der Waals surface area contributed by atoms with E-state index in [4.69, 9.17) is 10.5 Å². The largest absolute Gasteiger partial charge is 0.416 e. The van der Waals surface area contributed by atoms with Gasteiger partial charge in [0.2, 0.25) is 5.91 Å². The van der Waals surface area contributed by atoms with Gasteiger partial charge in [-0.1, -0.05) is 0 Å². The fraction of sp³-hybridized carbons (Fsp3) is 0.684. The van der Waals surface area contributed by atoms with Gasteiger partial charge in [0.05, 0.1) is 17.6 Å². The van der Waals surface area contributed by atoms with E-state index < -0.39 is 17.2 Å². The standard InChI is InChI=1S/C19H27F3N4O2.2ClH/c1-2-28-13-18(5-3-15(23)12-18)17(27)26-9-7-25(8-10-26)16-11-14(4-6-24-16)19(20,21)22;;/h4,6,11,15H,2-3,5,7-10,12-13,23H2,1H3;2*1H/t15-,18+;;/m1../s1. The number of alkyl halides is 3. The van der Waals surface area contributed by atoms with Gasteiger partial charge in [0.25, 0.3) is 0 Å². The van der Waals surface area contributed by atoms with Crippen LogP contribution in [0.1, 0.15) is 31.7 Å². The average Bonchev–Trinajstić information content (AvgIpc) is 3.07. The molecule has 6 nitrogen and oxygen atoms in total. The van der Waals surface area contributed by atoms with Gasteiger partial charge in [-0.25, -0.2) is 4.98 Å². The molecule has 1 aromatic heterocycles. The second-order valence-electron chi connectivity index (χ2n) is 7.60. The zero-order chi connectivity index (χ0) is 20.4. The maximum atomic E-state index is 13.2. The summed E-state index contributed by atoms with van der Waals surface area (Å²) in [7, 11) is 0. The monoisotopic (exact) mass is 472 g/mol. The highest BCUT2D eigenvalue weighted by molar-refractivity contribution is 5.85. The molecule has 2 fully saturated rings. The van der Waals surface area contributed by atoms with Gasteiger partial charge in [-0.3, -0.25) is 4.79 Å². The van der Waals surface area contributed by atoms with E-state index >= 15 is 0 Å². The molecular formula is C19H29Cl2F3N4O2. The molecule has 1 saturated carbocycles. The zero-order valence-electron chi connectivity index (χ0n) is 16.9. The Hall–Kier alpha value is -1.29. The highest BCUT2D eigenvalue weighted by Crippen LogP contribution is 2.40. The van der Waals surface area contributed by atoms with Crippen LogP contribution in [0.4, 0.5) is 19.0 Å². The number of amides is 1. The molecule has 0 aromatic carbocycles. The van der Waals surface area contributed by atoms with Crippen molar-refractivity contribution in [3.8, 4) is 0 Å². The number of halogens is 5. The maximum Gasteiger partial charge on any atom is 0.416 e. The van der Waals surface area contributed by atoms with Gasteiger partial charge in [-0.05, 0) is 38.3 Å². The molecule has 0 radical (unpaired) electrons. The first-order valence-electron chi connectivity index (χ1n) is 9.66. The first-order valence-corrected chi connectivity index (χ1v) is 9.66. The molecule has 2 heterocycles. The number of nitrogens with zero attached hydrogens (tertiary/aromatic N) is 3. The molecular weight excluding hydrogens is 444 g/mol. The number of carbonyl (C=O) groups excluding carboxylic acids is 1. The van der Waals surface area contributed by atoms with E-state index in [2.05, 4.69) is 4.98 Å². The summed E-state index contributed by atoms with van der Waals surface area (Å²) in [5.41, 5.74) is 4.77. The zero-order valence-corrected chi connectivity index (χ0v) is 18.5. The summed E-state index contributed by atoms with van der Waals surface area (Å²) in [5, 5.41) is 0. The van der Waals surface area contributed by atoms with Crippen LogP contribution in [0, 0.1) is 5.41 Å². The number of pyridine rings is 1. The van der Waals surface area contributed by atoms with Crippen molar-refractivity contribution in [3.05, 3.63) is 23.9 Å². The number of hydrogen-bond acceptors (Lipinski definition) is 5. The lowest BCUT2D eigenvalue weighted by atomic mass is 9.84. The summed E-state index contributed by atoms with van der Waals surface area (Å²) < 4.78 is 44.4. The van der Waals surface area contributed by atoms with Crippen molar-refractivity contribution in [3.63, 3.8) is 0 Å². The predicted octanol–water partition coefficient (Wildman–Crippen LogP) is 3.13. The molecule has 11 heteroatoms. The van der Waals surface area contributed by atoms with Crippen LogP contribution in [0.15, 0.2) is 18.3 Å². The second-order valence-corrected chi connectivity index (χ2v) is 7.60. The number of anilines is 1. The number of nitrogens with two attached hydrogens (primary N) is 1. The van der Waals surface area contributed by atoms with Gasteiger partial charge in [0.1, 0.15) is 5.82 Å². The average molecular weight is 473 g/mol. The van der Waals surface area contributed by atoms with E-state index in [1.54, 1.807) is 9.80 Å². The van der Waals surface area contributed by atoms with Crippen LogP contribution >= 0.6 is 24.8 Å². The molecule has 0 unspecified atom stereocenters. The third-order valence-corrected chi connectivity index (χ3v) is 5.65. The van der Waals surface area contributed by atoms with E-state index in [0.717, 1.165) is 18.6 Å². The summed E-state index contributed by atoms with van der Waals surface area (Å²) in [5.74, 6) is 0.333. The Labute approximate surface area is 187 Å². The van der Waals surface area contributed by atoms with Gasteiger partial charge in [-0.15, -0.1) is 24.8 Å². The van der Waals surface area contributed by atoms with Crippen LogP contribution in [0.5, 0.6) is 0 Å². The van der Waals surface area contributed by atoms with Crippen molar-refractivity contribution in [2.45, 2.75) is 38.4 Å². The fourth-order valence-corrected chi connectivity index (χ4v) is 4.09. The van der Waals surface area contributed by atoms with Crippen LogP contribution in [-0.2, 0) is 15.7 Å². The van der Waals surface area contributed by atoms with E-state index in [-0.39, 0.29) is 42.6 Å². The molecule has 0 spiro atoms. The fourth-order valence-electron chi connectivity index (χ4n) is 4.09. The lowest BCUT2D eigenvalue weighted by molar-refractivity contribution is -0.146. The molecule has 1 aliphatic carbocycles. The van der Waals surface area contributed by atoms with Crippen molar-refractivity contribution in [2.24, 2.45) is 11.1 Å². The Balaban J connectivity index is 0.00000225. The molecule has 0 bridgehead atoms. The smallest absolute Gasteiger partial charge is 0.381 e. The summed E-state index contributed by atoms with van der Waals surface area (Å²) in [6.07, 6.45) is -1.11. The van der Waals surface area contributed by atoms with Crippen molar-refractivity contribution in [1.82, 2.24) is 9.88 Å². The van der Waals surface area contributed by atoms with Crippen molar-refractivity contribution in [2.75, 3.05) is 44.3 Å². The Morgan fingerprint density at radius 2 is 1.97 bits per heavy atom. The van der Waals surface area contributed by atoms with Gasteiger partial charge in [0.15, 0.2) is 0 Å². The van der Waals surface area contributed by atoms with E-state index in [9.17, 15) is 18.0 Å². The molecule has 30 heavy (non-hydrogen) atoms. The lowest BCUT2D eigenvalue weighted by Crippen LogP contribution is -2.54. The quantitative estimate of drug-likeness (QED) is 0.712. The number of piperazine rings is 1. The minimum absolute atomic E-state index is 0. The SMILES string of the molecule is CCOC[C@]1(C(=O)N2CCN(c3cc(C(F)(F)F)ccn3)CC2)CC[C@@H](N)C1.Cl.Cl. The first-order chi connectivity index (χ1) is 13.2. The topological polar surface area (TPSA) is 71.7 Å². The number of carbonyl (C=O) groups is 1. The summed E-state index contributed by atoms with van der Waals surface area (Å²) in [6.45, 7) is 4.58. The van der Waals surface area contributed by atoms with E-state index in [1.807, 2.05) is 6.92 Å². The number of ether oxygens (including phenoxy) is 1. The van der Waals surface area contributed by atoms with Crippen LogP contribution in [0.3, 0.4) is 0 Å². The summed E-state index contributed by atoms with van der Waals surface area (Å²) >= 11 is 0. The lowest BCUT2D eigenvalue weighted by Gasteiger charge is -2.40. The van der Waals surface area contributed by atoms with Crippen LogP contribution < -0.4 is 10.6 Å². The van der Waals surface area contributed by atoms with Gasteiger partial charge >= 0.3 is 6.18 Å². The van der Waals surface area contributed by atoms with E-state index in [1.165, 1.54) is 6.20 Å². The molecule has 2 atom stereocenters. The third-order valence-electron chi connectivity index (χ3n) is 5.65. The molecule has 172 valence electrons. The van der Waals surface area contributed by atoms with Crippen molar-refractivity contribution in [1.29, 1.82) is 0 Å². The summed E-state index contributed by atoms with van der Waals surface area (Å²) in [4.78, 5) is 20.9. The van der Waals surface area contributed by atoms with Gasteiger partial charge in [-0.2, -0.15) is 13.2 Å². The van der Waals surface area contributed by atoms with Gasteiger partial charge in [0, 0.05) is 45.0 Å². The third kappa shape index (κ3) is 5.90. The molecule has 2 aliphatic rings. The Morgan fingerprint density at radius 1 is 1.30 bits per heavy atom. The normalized spacial score (nSPS) is 24.2. The predicted molar refractivity (Wildman–Crippen MR) is 113 cm³/mol. The number of aromatic nitrogens is 1. The molecule has 1 amide bonds. The maximum absolute atomic E-state index is 13.2. The summed E-state index contributed by atoms with van der Waals surface area (Å²) in [6, 6.07) is 2.02. The second kappa shape index (κ2) is 10.8. The molecule has 1 aliphatic heterocycles. The first kappa shape index (κ1) is 26.7. The highest BCUT2D eigenvalue weighted by Gasteiger charge is 2.47.